The SMILES string of the molecule is CO[C@@H]1[C@@H](O)[C@H](O)[C@]2(C(C)C)C[C@H]12. The van der Waals surface area contributed by atoms with Crippen molar-refractivity contribution in [1.29, 1.82) is 0 Å². The van der Waals surface area contributed by atoms with Crippen molar-refractivity contribution in [2.24, 2.45) is 17.3 Å². The average Bonchev–Trinajstić information content (AvgIpc) is 2.76. The minimum atomic E-state index is -0.689. The molecule has 76 valence electrons. The van der Waals surface area contributed by atoms with E-state index in [4.69, 9.17) is 4.74 Å². The van der Waals surface area contributed by atoms with Crippen molar-refractivity contribution in [2.45, 2.75) is 38.6 Å². The zero-order valence-electron chi connectivity index (χ0n) is 8.40. The number of ether oxygens (including phenoxy) is 1. The van der Waals surface area contributed by atoms with Crippen LogP contribution in [-0.4, -0.2) is 35.6 Å². The van der Waals surface area contributed by atoms with Crippen LogP contribution in [0.15, 0.2) is 0 Å². The van der Waals surface area contributed by atoms with Crippen molar-refractivity contribution in [3.8, 4) is 0 Å². The fourth-order valence-electron chi connectivity index (χ4n) is 3.13. The van der Waals surface area contributed by atoms with Gasteiger partial charge in [0.2, 0.25) is 0 Å². The molecule has 0 heterocycles. The van der Waals surface area contributed by atoms with Gasteiger partial charge in [-0.25, -0.2) is 0 Å². The number of methoxy groups -OCH3 is 1. The smallest absolute Gasteiger partial charge is 0.107 e. The van der Waals surface area contributed by atoms with Crippen LogP contribution in [0.1, 0.15) is 20.3 Å². The van der Waals surface area contributed by atoms with Gasteiger partial charge in [-0.3, -0.25) is 0 Å². The van der Waals surface area contributed by atoms with E-state index in [9.17, 15) is 10.2 Å². The molecular formula is C10H18O3. The standard InChI is InChI=1S/C10H18O3/c1-5(2)10-4-6(10)8(13-3)7(11)9(10)12/h5-9,11-12H,4H2,1-3H3/t6-,7-,8+,9+,10+/m1/s1. The lowest BCUT2D eigenvalue weighted by Crippen LogP contribution is -2.37. The van der Waals surface area contributed by atoms with Gasteiger partial charge in [-0.1, -0.05) is 13.8 Å². The van der Waals surface area contributed by atoms with E-state index in [-0.39, 0.29) is 11.5 Å². The lowest BCUT2D eigenvalue weighted by Gasteiger charge is -2.25. The molecule has 3 heteroatoms. The third-order valence-corrected chi connectivity index (χ3v) is 4.06. The second kappa shape index (κ2) is 2.69. The largest absolute Gasteiger partial charge is 0.390 e. The minimum absolute atomic E-state index is 0.0555. The van der Waals surface area contributed by atoms with Gasteiger partial charge in [0.15, 0.2) is 0 Å². The summed E-state index contributed by atoms with van der Waals surface area (Å²) < 4.78 is 5.21. The molecule has 2 N–H and O–H groups in total. The van der Waals surface area contributed by atoms with Crippen LogP contribution in [0.5, 0.6) is 0 Å². The van der Waals surface area contributed by atoms with Crippen LogP contribution in [-0.2, 0) is 4.74 Å². The normalized spacial score (nSPS) is 54.0. The molecule has 0 amide bonds. The molecule has 2 saturated carbocycles. The number of aliphatic hydroxyl groups excluding tert-OH is 2. The van der Waals surface area contributed by atoms with Crippen LogP contribution in [0.3, 0.4) is 0 Å². The van der Waals surface area contributed by atoms with E-state index in [0.717, 1.165) is 6.42 Å². The van der Waals surface area contributed by atoms with E-state index in [0.29, 0.717) is 11.8 Å². The molecule has 2 aliphatic carbocycles. The molecule has 5 atom stereocenters. The highest BCUT2D eigenvalue weighted by Gasteiger charge is 2.72. The molecule has 3 nitrogen and oxygen atoms in total. The van der Waals surface area contributed by atoms with E-state index in [2.05, 4.69) is 13.8 Å². The quantitative estimate of drug-likeness (QED) is 0.656. The van der Waals surface area contributed by atoms with Gasteiger partial charge >= 0.3 is 0 Å². The van der Waals surface area contributed by atoms with Crippen LogP contribution in [0.25, 0.3) is 0 Å². The van der Waals surface area contributed by atoms with Crippen molar-refractivity contribution >= 4 is 0 Å². The second-order valence-corrected chi connectivity index (χ2v) is 4.71. The highest BCUT2D eigenvalue weighted by Crippen LogP contribution is 2.67. The average molecular weight is 186 g/mol. The molecule has 13 heavy (non-hydrogen) atoms. The van der Waals surface area contributed by atoms with E-state index in [1.165, 1.54) is 0 Å². The first-order chi connectivity index (χ1) is 6.05. The lowest BCUT2D eigenvalue weighted by molar-refractivity contribution is -0.0682. The fraction of sp³-hybridized carbons (Fsp3) is 1.00. The number of aliphatic hydroxyl groups is 2. The first-order valence-corrected chi connectivity index (χ1v) is 4.94. The summed E-state index contributed by atoms with van der Waals surface area (Å²) in [5.74, 6) is 0.782. The third-order valence-electron chi connectivity index (χ3n) is 4.06. The molecule has 2 aliphatic rings. The zero-order chi connectivity index (χ0) is 9.80. The van der Waals surface area contributed by atoms with Gasteiger partial charge in [-0.2, -0.15) is 0 Å². The van der Waals surface area contributed by atoms with Crippen LogP contribution >= 0.6 is 0 Å². The molecule has 0 radical (unpaired) electrons. The number of hydrogen-bond acceptors (Lipinski definition) is 3. The van der Waals surface area contributed by atoms with E-state index in [1.54, 1.807) is 7.11 Å². The maximum atomic E-state index is 9.90. The van der Waals surface area contributed by atoms with Gasteiger partial charge < -0.3 is 14.9 Å². The Hall–Kier alpha value is -0.120. The van der Waals surface area contributed by atoms with E-state index < -0.39 is 12.2 Å². The highest BCUT2D eigenvalue weighted by molar-refractivity contribution is 5.20. The van der Waals surface area contributed by atoms with Gasteiger partial charge in [0.25, 0.3) is 0 Å². The molecule has 0 unspecified atom stereocenters. The molecule has 0 aromatic heterocycles. The summed E-state index contributed by atoms with van der Waals surface area (Å²) in [5, 5.41) is 19.6. The Labute approximate surface area is 78.7 Å². The van der Waals surface area contributed by atoms with Gasteiger partial charge in [0.1, 0.15) is 6.10 Å². The molecule has 0 spiro atoms. The van der Waals surface area contributed by atoms with Crippen molar-refractivity contribution < 1.29 is 14.9 Å². The summed E-state index contributed by atoms with van der Waals surface area (Å²) in [5.41, 5.74) is -0.0555. The Balaban J connectivity index is 2.21. The zero-order valence-corrected chi connectivity index (χ0v) is 8.40. The predicted octanol–water partition coefficient (Wildman–Crippen LogP) is 0.399. The Kier molecular flexibility index (Phi) is 1.95. The van der Waals surface area contributed by atoms with Crippen LogP contribution in [0.2, 0.25) is 0 Å². The lowest BCUT2D eigenvalue weighted by atomic mass is 9.87. The molecule has 0 aliphatic heterocycles. The molecular weight excluding hydrogens is 168 g/mol. The maximum absolute atomic E-state index is 9.90. The fourth-order valence-corrected chi connectivity index (χ4v) is 3.13. The summed E-state index contributed by atoms with van der Waals surface area (Å²) in [4.78, 5) is 0. The topological polar surface area (TPSA) is 49.7 Å². The van der Waals surface area contributed by atoms with E-state index in [1.807, 2.05) is 0 Å². The summed E-state index contributed by atoms with van der Waals surface area (Å²) in [7, 11) is 1.61. The first-order valence-electron chi connectivity index (χ1n) is 4.94. The molecule has 2 rings (SSSR count). The van der Waals surface area contributed by atoms with Crippen LogP contribution < -0.4 is 0 Å². The third kappa shape index (κ3) is 0.953. The van der Waals surface area contributed by atoms with Gasteiger partial charge in [-0.15, -0.1) is 0 Å². The maximum Gasteiger partial charge on any atom is 0.107 e. The summed E-state index contributed by atoms with van der Waals surface area (Å²) in [6.07, 6.45) is -0.438. The van der Waals surface area contributed by atoms with Crippen molar-refractivity contribution in [2.75, 3.05) is 7.11 Å². The molecule has 2 fully saturated rings. The highest BCUT2D eigenvalue weighted by atomic mass is 16.5. The van der Waals surface area contributed by atoms with Crippen LogP contribution in [0, 0.1) is 17.3 Å². The van der Waals surface area contributed by atoms with Gasteiger partial charge in [0.05, 0.1) is 12.2 Å². The minimum Gasteiger partial charge on any atom is -0.390 e. The Bertz CT molecular complexity index is 216. The first kappa shape index (κ1) is 9.44. The van der Waals surface area contributed by atoms with Crippen molar-refractivity contribution in [3.63, 3.8) is 0 Å². The number of rotatable bonds is 2. The predicted molar refractivity (Wildman–Crippen MR) is 48.2 cm³/mol. The second-order valence-electron chi connectivity index (χ2n) is 4.71. The van der Waals surface area contributed by atoms with E-state index >= 15 is 0 Å². The van der Waals surface area contributed by atoms with Gasteiger partial charge in [-0.05, 0) is 18.3 Å². The molecule has 0 aromatic rings. The molecule has 0 aromatic carbocycles. The summed E-state index contributed by atoms with van der Waals surface area (Å²) in [6, 6.07) is 0. The molecule has 0 bridgehead atoms. The number of fused-ring (bicyclic) bond motifs is 1. The monoisotopic (exact) mass is 186 g/mol. The van der Waals surface area contributed by atoms with Crippen molar-refractivity contribution in [3.05, 3.63) is 0 Å². The Morgan fingerprint density at radius 1 is 1.38 bits per heavy atom. The molecule has 0 saturated heterocycles. The van der Waals surface area contributed by atoms with Crippen molar-refractivity contribution in [1.82, 2.24) is 0 Å². The Morgan fingerprint density at radius 2 is 2.00 bits per heavy atom. The van der Waals surface area contributed by atoms with Crippen LogP contribution in [0.4, 0.5) is 0 Å². The Morgan fingerprint density at radius 3 is 2.31 bits per heavy atom. The van der Waals surface area contributed by atoms with Gasteiger partial charge in [0, 0.05) is 12.5 Å². The summed E-state index contributed by atoms with van der Waals surface area (Å²) >= 11 is 0. The number of hydrogen-bond donors (Lipinski definition) is 2. The summed E-state index contributed by atoms with van der Waals surface area (Å²) in [6.45, 7) is 4.21.